The van der Waals surface area contributed by atoms with Gasteiger partial charge < -0.3 is 19.4 Å². The summed E-state index contributed by atoms with van der Waals surface area (Å²) in [6.45, 7) is 6.97. The second-order valence-electron chi connectivity index (χ2n) is 7.94. The van der Waals surface area contributed by atoms with Crippen LogP contribution in [-0.2, 0) is 6.54 Å². The summed E-state index contributed by atoms with van der Waals surface area (Å²) < 4.78 is 7.51. The molecule has 7 nitrogen and oxygen atoms in total. The highest BCUT2D eigenvalue weighted by Gasteiger charge is 2.36. The third-order valence-electron chi connectivity index (χ3n) is 5.27. The van der Waals surface area contributed by atoms with Crippen LogP contribution in [0.1, 0.15) is 42.6 Å². The molecule has 0 unspecified atom stereocenters. The number of methoxy groups -OCH3 is 1. The first-order chi connectivity index (χ1) is 12.7. The van der Waals surface area contributed by atoms with Crippen LogP contribution < -0.4 is 10.3 Å². The summed E-state index contributed by atoms with van der Waals surface area (Å²) in [4.78, 5) is 31.3. The fourth-order valence-corrected chi connectivity index (χ4v) is 3.85. The highest BCUT2D eigenvalue weighted by Crippen LogP contribution is 2.45. The number of nitrogens with one attached hydrogen (secondary N) is 1. The molecule has 2 aromatic heterocycles. The third-order valence-corrected chi connectivity index (χ3v) is 5.27. The van der Waals surface area contributed by atoms with E-state index in [1.54, 1.807) is 7.11 Å². The molecular weight excluding hydrogens is 346 g/mol. The standard InChI is InChI=1S/C20H21N3O4/c1-20(2,3)12-9-23-13-6-5-7-14(27-4)16(13)21-17(23)15-10(12)8-11(19(25)26)18(24)22-15/h5-8,12H,9H2,1-4H3,(H,22,24)(H,25,26)/t12-/m1/s1. The van der Waals surface area contributed by atoms with E-state index in [0.717, 1.165) is 16.6 Å². The van der Waals surface area contributed by atoms with Crippen molar-refractivity contribution in [1.29, 1.82) is 0 Å². The Hall–Kier alpha value is -3.09. The van der Waals surface area contributed by atoms with Crippen LogP contribution in [0.25, 0.3) is 22.6 Å². The predicted octanol–water partition coefficient (Wildman–Crippen LogP) is 3.24. The van der Waals surface area contributed by atoms with Gasteiger partial charge in [0, 0.05) is 12.5 Å². The van der Waals surface area contributed by atoms with Crippen LogP contribution in [0.5, 0.6) is 5.75 Å². The number of nitrogens with zero attached hydrogens (tertiary/aromatic N) is 2. The second-order valence-corrected chi connectivity index (χ2v) is 7.94. The summed E-state index contributed by atoms with van der Waals surface area (Å²) in [6.07, 6.45) is 0. The molecule has 2 N–H and O–H groups in total. The molecule has 0 fully saturated rings. The second kappa shape index (κ2) is 5.70. The molecule has 0 radical (unpaired) electrons. The van der Waals surface area contributed by atoms with Gasteiger partial charge in [0.1, 0.15) is 16.8 Å². The van der Waals surface area contributed by atoms with Gasteiger partial charge in [0.15, 0.2) is 5.82 Å². The van der Waals surface area contributed by atoms with Crippen molar-refractivity contribution in [2.24, 2.45) is 5.41 Å². The van der Waals surface area contributed by atoms with Gasteiger partial charge in [0.25, 0.3) is 5.56 Å². The number of hydrogen-bond acceptors (Lipinski definition) is 4. The summed E-state index contributed by atoms with van der Waals surface area (Å²) in [5.41, 5.74) is 2.02. The maximum Gasteiger partial charge on any atom is 0.341 e. The average Bonchev–Trinajstić information content (AvgIpc) is 2.98. The van der Waals surface area contributed by atoms with Crippen LogP contribution in [-0.4, -0.2) is 32.7 Å². The maximum absolute atomic E-state index is 12.3. The van der Waals surface area contributed by atoms with Crippen LogP contribution in [0.4, 0.5) is 0 Å². The minimum absolute atomic E-state index is 0.0125. The number of carboxylic acids is 1. The SMILES string of the molecule is COc1cccc2c1nc1n2C[C@@H](C(C)(C)C)c2cc(C(=O)O)c(=O)[nH]c2-1. The lowest BCUT2D eigenvalue weighted by Crippen LogP contribution is -2.31. The lowest BCUT2D eigenvalue weighted by molar-refractivity contribution is 0.0694. The normalized spacial score (nSPS) is 16.1. The van der Waals surface area contributed by atoms with E-state index in [0.29, 0.717) is 23.8 Å². The van der Waals surface area contributed by atoms with Crippen molar-refractivity contribution in [1.82, 2.24) is 14.5 Å². The first-order valence-corrected chi connectivity index (χ1v) is 8.76. The van der Waals surface area contributed by atoms with Crippen molar-refractivity contribution in [2.75, 3.05) is 7.11 Å². The van der Waals surface area contributed by atoms with Crippen molar-refractivity contribution in [3.05, 3.63) is 45.7 Å². The maximum atomic E-state index is 12.3. The average molecular weight is 367 g/mol. The molecule has 0 saturated heterocycles. The Labute approximate surface area is 155 Å². The number of fused-ring (bicyclic) bond motifs is 5. The van der Waals surface area contributed by atoms with Crippen LogP contribution in [0.3, 0.4) is 0 Å². The van der Waals surface area contributed by atoms with Gasteiger partial charge in [-0.2, -0.15) is 0 Å². The number of H-pyrrole nitrogens is 1. The van der Waals surface area contributed by atoms with Gasteiger partial charge in [-0.25, -0.2) is 9.78 Å². The quantitative estimate of drug-likeness (QED) is 0.725. The number of rotatable bonds is 2. The van der Waals surface area contributed by atoms with Crippen molar-refractivity contribution in [3.63, 3.8) is 0 Å². The van der Waals surface area contributed by atoms with Gasteiger partial charge in [-0.05, 0) is 29.2 Å². The van der Waals surface area contributed by atoms with E-state index in [9.17, 15) is 14.7 Å². The Balaban J connectivity index is 2.08. The number of aromatic carboxylic acids is 1. The van der Waals surface area contributed by atoms with E-state index in [1.165, 1.54) is 6.07 Å². The minimum Gasteiger partial charge on any atom is -0.494 e. The highest BCUT2D eigenvalue weighted by molar-refractivity contribution is 5.89. The Morgan fingerprint density at radius 1 is 1.37 bits per heavy atom. The molecule has 1 aliphatic rings. The smallest absolute Gasteiger partial charge is 0.341 e. The molecule has 0 aliphatic carbocycles. The molecule has 0 spiro atoms. The molecule has 3 heterocycles. The van der Waals surface area contributed by atoms with Gasteiger partial charge in [0.05, 0.1) is 18.3 Å². The van der Waals surface area contributed by atoms with Crippen molar-refractivity contribution in [2.45, 2.75) is 33.2 Å². The number of imidazole rings is 1. The van der Waals surface area contributed by atoms with Gasteiger partial charge in [-0.3, -0.25) is 4.79 Å². The lowest BCUT2D eigenvalue weighted by atomic mass is 9.74. The summed E-state index contributed by atoms with van der Waals surface area (Å²) in [7, 11) is 1.60. The number of carbonyl (C=O) groups is 1. The molecule has 0 amide bonds. The zero-order valence-corrected chi connectivity index (χ0v) is 15.7. The minimum atomic E-state index is -1.23. The van der Waals surface area contributed by atoms with Crippen LogP contribution in [0.15, 0.2) is 29.1 Å². The molecule has 4 rings (SSSR count). The molecule has 140 valence electrons. The van der Waals surface area contributed by atoms with E-state index in [-0.39, 0.29) is 16.9 Å². The monoisotopic (exact) mass is 367 g/mol. The zero-order chi connectivity index (χ0) is 19.5. The largest absolute Gasteiger partial charge is 0.494 e. The Bertz CT molecular complexity index is 1130. The van der Waals surface area contributed by atoms with E-state index < -0.39 is 11.5 Å². The van der Waals surface area contributed by atoms with Crippen molar-refractivity contribution >= 4 is 17.0 Å². The molecule has 0 saturated carbocycles. The number of benzene rings is 1. The van der Waals surface area contributed by atoms with Gasteiger partial charge in [0.2, 0.25) is 0 Å². The number of ether oxygens (including phenoxy) is 1. The predicted molar refractivity (Wildman–Crippen MR) is 101 cm³/mol. The number of aromatic nitrogens is 3. The molecule has 1 aliphatic heterocycles. The van der Waals surface area contributed by atoms with Crippen LogP contribution >= 0.6 is 0 Å². The Morgan fingerprint density at radius 2 is 2.11 bits per heavy atom. The number of hydrogen-bond donors (Lipinski definition) is 2. The highest BCUT2D eigenvalue weighted by atomic mass is 16.5. The summed E-state index contributed by atoms with van der Waals surface area (Å²) >= 11 is 0. The fraction of sp³-hybridized carbons (Fsp3) is 0.350. The number of carboxylic acid groups (broad SMARTS) is 1. The Kier molecular flexibility index (Phi) is 3.66. The first-order valence-electron chi connectivity index (χ1n) is 8.76. The third kappa shape index (κ3) is 2.53. The summed E-state index contributed by atoms with van der Waals surface area (Å²) in [5, 5.41) is 9.38. The van der Waals surface area contributed by atoms with Crippen molar-refractivity contribution < 1.29 is 14.6 Å². The first kappa shape index (κ1) is 17.3. The van der Waals surface area contributed by atoms with Crippen LogP contribution in [0, 0.1) is 5.41 Å². The molecule has 7 heteroatoms. The number of aromatic amines is 1. The molecule has 1 atom stereocenters. The fourth-order valence-electron chi connectivity index (χ4n) is 3.85. The van der Waals surface area contributed by atoms with Gasteiger partial charge in [-0.15, -0.1) is 0 Å². The topological polar surface area (TPSA) is 97.2 Å². The molecule has 3 aromatic rings. The number of para-hydroxylation sites is 1. The summed E-state index contributed by atoms with van der Waals surface area (Å²) in [6, 6.07) is 7.24. The Morgan fingerprint density at radius 3 is 2.74 bits per heavy atom. The van der Waals surface area contributed by atoms with E-state index >= 15 is 0 Å². The van der Waals surface area contributed by atoms with Crippen LogP contribution in [0.2, 0.25) is 0 Å². The van der Waals surface area contributed by atoms with E-state index in [4.69, 9.17) is 9.72 Å². The van der Waals surface area contributed by atoms with Gasteiger partial charge in [-0.1, -0.05) is 26.8 Å². The van der Waals surface area contributed by atoms with E-state index in [1.807, 2.05) is 18.2 Å². The molecule has 1 aromatic carbocycles. The van der Waals surface area contributed by atoms with Gasteiger partial charge >= 0.3 is 5.97 Å². The summed E-state index contributed by atoms with van der Waals surface area (Å²) in [5.74, 6) is 0.0674. The number of pyridine rings is 1. The molecular formula is C20H21N3O4. The molecule has 0 bridgehead atoms. The van der Waals surface area contributed by atoms with Crippen molar-refractivity contribution in [3.8, 4) is 17.3 Å². The lowest BCUT2D eigenvalue weighted by Gasteiger charge is -2.36. The molecule has 27 heavy (non-hydrogen) atoms. The van der Waals surface area contributed by atoms with E-state index in [2.05, 4.69) is 30.3 Å². The zero-order valence-electron chi connectivity index (χ0n) is 15.7.